The van der Waals surface area contributed by atoms with Crippen molar-refractivity contribution in [3.8, 4) is 0 Å². The minimum Gasteiger partial charge on any atom is -0.369 e. The molecule has 1 aliphatic heterocycles. The molecule has 1 aliphatic rings. The molecule has 2 aromatic carbocycles. The normalized spacial score (nSPS) is 16.4. The first-order chi connectivity index (χ1) is 13.0. The van der Waals surface area contributed by atoms with E-state index < -0.39 is 21.8 Å². The number of aryl methyl sites for hydroxylation is 3. The summed E-state index contributed by atoms with van der Waals surface area (Å²) in [5, 5.41) is 0. The molecule has 1 fully saturated rings. The Hall–Kier alpha value is -2.06. The highest BCUT2D eigenvalue weighted by Crippen LogP contribution is 2.32. The van der Waals surface area contributed by atoms with Crippen molar-refractivity contribution in [2.75, 3.05) is 31.1 Å². The summed E-state index contributed by atoms with van der Waals surface area (Å²) in [4.78, 5) is 2.11. The average Bonchev–Trinajstić information content (AvgIpc) is 2.60. The zero-order valence-corrected chi connectivity index (χ0v) is 16.9. The van der Waals surface area contributed by atoms with Crippen LogP contribution in [0.5, 0.6) is 0 Å². The Morgan fingerprint density at radius 3 is 2.00 bits per heavy atom. The SMILES string of the molecule is Cc1cc(C)c(S(=O)(=O)N2CCN(c3cccc(C(F)(F)F)c3)CC2)c(C)c1. The third-order valence-electron chi connectivity index (χ3n) is 4.98. The molecule has 3 rings (SSSR count). The number of rotatable bonds is 3. The molecule has 4 nitrogen and oxygen atoms in total. The van der Waals surface area contributed by atoms with Gasteiger partial charge in [-0.3, -0.25) is 0 Å². The van der Waals surface area contributed by atoms with Gasteiger partial charge >= 0.3 is 6.18 Å². The van der Waals surface area contributed by atoms with Crippen LogP contribution in [0.2, 0.25) is 0 Å². The Morgan fingerprint density at radius 2 is 1.46 bits per heavy atom. The lowest BCUT2D eigenvalue weighted by Gasteiger charge is -2.36. The first-order valence-corrected chi connectivity index (χ1v) is 10.4. The second-order valence-corrected chi connectivity index (χ2v) is 9.04. The number of hydrogen-bond acceptors (Lipinski definition) is 3. The van der Waals surface area contributed by atoms with Crippen molar-refractivity contribution in [1.82, 2.24) is 4.31 Å². The third-order valence-corrected chi connectivity index (χ3v) is 7.18. The molecule has 0 radical (unpaired) electrons. The van der Waals surface area contributed by atoms with Crippen LogP contribution in [0.4, 0.5) is 18.9 Å². The first kappa shape index (κ1) is 20.7. The van der Waals surface area contributed by atoms with E-state index in [-0.39, 0.29) is 13.1 Å². The zero-order valence-electron chi connectivity index (χ0n) is 16.0. The molecule has 0 aromatic heterocycles. The van der Waals surface area contributed by atoms with Crippen molar-refractivity contribution in [2.45, 2.75) is 31.8 Å². The van der Waals surface area contributed by atoms with E-state index in [0.717, 1.165) is 17.7 Å². The van der Waals surface area contributed by atoms with Crippen LogP contribution in [0.1, 0.15) is 22.3 Å². The Labute approximate surface area is 163 Å². The van der Waals surface area contributed by atoms with Crippen molar-refractivity contribution in [3.63, 3.8) is 0 Å². The molecule has 0 amide bonds. The highest BCUT2D eigenvalue weighted by molar-refractivity contribution is 7.89. The molecule has 1 heterocycles. The Kier molecular flexibility index (Phi) is 5.46. The average molecular weight is 412 g/mol. The van der Waals surface area contributed by atoms with Crippen LogP contribution >= 0.6 is 0 Å². The fourth-order valence-electron chi connectivity index (χ4n) is 3.77. The molecular weight excluding hydrogens is 389 g/mol. The molecule has 0 bridgehead atoms. The lowest BCUT2D eigenvalue weighted by molar-refractivity contribution is -0.137. The summed E-state index contributed by atoms with van der Waals surface area (Å²) in [6.45, 7) is 6.62. The maximum Gasteiger partial charge on any atom is 0.416 e. The van der Waals surface area contributed by atoms with Gasteiger partial charge in [0.15, 0.2) is 0 Å². The Bertz CT molecular complexity index is 956. The molecule has 28 heavy (non-hydrogen) atoms. The van der Waals surface area contributed by atoms with Crippen LogP contribution in [0, 0.1) is 20.8 Å². The number of anilines is 1. The van der Waals surface area contributed by atoms with Crippen molar-refractivity contribution < 1.29 is 21.6 Å². The quantitative estimate of drug-likeness (QED) is 0.761. The predicted molar refractivity (Wildman–Crippen MR) is 103 cm³/mol. The van der Waals surface area contributed by atoms with E-state index in [1.807, 2.05) is 19.1 Å². The minimum absolute atomic E-state index is 0.228. The zero-order chi connectivity index (χ0) is 20.7. The van der Waals surface area contributed by atoms with Crippen molar-refractivity contribution >= 4 is 15.7 Å². The van der Waals surface area contributed by atoms with Gasteiger partial charge < -0.3 is 4.90 Å². The van der Waals surface area contributed by atoms with Gasteiger partial charge in [-0.15, -0.1) is 0 Å². The highest BCUT2D eigenvalue weighted by atomic mass is 32.2. The molecule has 152 valence electrons. The summed E-state index contributed by atoms with van der Waals surface area (Å²) in [5.41, 5.74) is 2.17. The van der Waals surface area contributed by atoms with E-state index in [1.165, 1.54) is 10.4 Å². The number of hydrogen-bond donors (Lipinski definition) is 0. The van der Waals surface area contributed by atoms with E-state index >= 15 is 0 Å². The minimum atomic E-state index is -4.40. The smallest absolute Gasteiger partial charge is 0.369 e. The summed E-state index contributed by atoms with van der Waals surface area (Å²) < 4.78 is 66.5. The summed E-state index contributed by atoms with van der Waals surface area (Å²) in [6, 6.07) is 8.83. The summed E-state index contributed by atoms with van der Waals surface area (Å²) in [5.74, 6) is 0. The van der Waals surface area contributed by atoms with Gasteiger partial charge in [-0.2, -0.15) is 17.5 Å². The molecule has 0 atom stereocenters. The number of halogens is 3. The maximum atomic E-state index is 13.1. The molecule has 2 aromatic rings. The lowest BCUT2D eigenvalue weighted by atomic mass is 10.1. The summed E-state index contributed by atoms with van der Waals surface area (Å²) in [6.07, 6.45) is -4.40. The fourth-order valence-corrected chi connectivity index (χ4v) is 5.60. The third kappa shape index (κ3) is 4.03. The van der Waals surface area contributed by atoms with Gasteiger partial charge in [-0.1, -0.05) is 23.8 Å². The molecule has 0 unspecified atom stereocenters. The van der Waals surface area contributed by atoms with Gasteiger partial charge in [-0.25, -0.2) is 8.42 Å². The monoisotopic (exact) mass is 412 g/mol. The standard InChI is InChI=1S/C20H23F3N2O2S/c1-14-11-15(2)19(16(3)12-14)28(26,27)25-9-7-24(8-10-25)18-6-4-5-17(13-18)20(21,22)23/h4-6,11-13H,7-10H2,1-3H3. The molecule has 0 N–H and O–H groups in total. The molecule has 0 aliphatic carbocycles. The lowest BCUT2D eigenvalue weighted by Crippen LogP contribution is -2.49. The molecular formula is C20H23F3N2O2S. The number of nitrogens with zero attached hydrogens (tertiary/aromatic N) is 2. The molecule has 1 saturated heterocycles. The molecule has 8 heteroatoms. The predicted octanol–water partition coefficient (Wildman–Crippen LogP) is 4.14. The first-order valence-electron chi connectivity index (χ1n) is 9.00. The molecule has 0 spiro atoms. The summed E-state index contributed by atoms with van der Waals surface area (Å²) in [7, 11) is -3.65. The van der Waals surface area contributed by atoms with Crippen molar-refractivity contribution in [1.29, 1.82) is 0 Å². The second kappa shape index (κ2) is 7.40. The van der Waals surface area contributed by atoms with Crippen molar-refractivity contribution in [3.05, 3.63) is 58.7 Å². The van der Waals surface area contributed by atoms with Crippen LogP contribution in [-0.4, -0.2) is 38.9 Å². The summed E-state index contributed by atoms with van der Waals surface area (Å²) >= 11 is 0. The number of piperazine rings is 1. The van der Waals surface area contributed by atoms with Crippen LogP contribution in [0.15, 0.2) is 41.3 Å². The Balaban J connectivity index is 1.79. The van der Waals surface area contributed by atoms with Crippen LogP contribution in [0.3, 0.4) is 0 Å². The van der Waals surface area contributed by atoms with E-state index in [0.29, 0.717) is 34.8 Å². The number of benzene rings is 2. The van der Waals surface area contributed by atoms with Crippen molar-refractivity contribution in [2.24, 2.45) is 0 Å². The van der Waals surface area contributed by atoms with Crippen LogP contribution in [0.25, 0.3) is 0 Å². The topological polar surface area (TPSA) is 40.6 Å². The van der Waals surface area contributed by atoms with E-state index in [2.05, 4.69) is 0 Å². The maximum absolute atomic E-state index is 13.1. The Morgan fingerprint density at radius 1 is 0.893 bits per heavy atom. The second-order valence-electron chi connectivity index (χ2n) is 7.17. The van der Waals surface area contributed by atoms with Gasteiger partial charge in [0.25, 0.3) is 0 Å². The van der Waals surface area contributed by atoms with Crippen LogP contribution < -0.4 is 4.90 Å². The fraction of sp³-hybridized carbons (Fsp3) is 0.400. The van der Waals surface area contributed by atoms with Gasteiger partial charge in [-0.05, 0) is 50.1 Å². The van der Waals surface area contributed by atoms with E-state index in [1.54, 1.807) is 24.8 Å². The van der Waals surface area contributed by atoms with Crippen LogP contribution in [-0.2, 0) is 16.2 Å². The largest absolute Gasteiger partial charge is 0.416 e. The van der Waals surface area contributed by atoms with Gasteiger partial charge in [0.05, 0.1) is 10.5 Å². The molecule has 0 saturated carbocycles. The van der Waals surface area contributed by atoms with Gasteiger partial charge in [0.2, 0.25) is 10.0 Å². The van der Waals surface area contributed by atoms with Gasteiger partial charge in [0.1, 0.15) is 0 Å². The highest BCUT2D eigenvalue weighted by Gasteiger charge is 2.33. The number of sulfonamides is 1. The van der Waals surface area contributed by atoms with Gasteiger partial charge in [0, 0.05) is 31.9 Å². The van der Waals surface area contributed by atoms with E-state index in [9.17, 15) is 21.6 Å². The van der Waals surface area contributed by atoms with E-state index in [4.69, 9.17) is 0 Å². The number of alkyl halides is 3.